The van der Waals surface area contributed by atoms with Gasteiger partial charge in [-0.2, -0.15) is 0 Å². The van der Waals surface area contributed by atoms with E-state index in [1.165, 1.54) is 0 Å². The molecule has 1 saturated heterocycles. The number of benzene rings is 1. The van der Waals surface area contributed by atoms with E-state index in [4.69, 9.17) is 9.72 Å². The van der Waals surface area contributed by atoms with Crippen molar-refractivity contribution in [3.8, 4) is 0 Å². The van der Waals surface area contributed by atoms with Crippen LogP contribution in [0, 0.1) is 17.8 Å². The molecule has 0 radical (unpaired) electrons. The van der Waals surface area contributed by atoms with Crippen LogP contribution in [0.1, 0.15) is 56.6 Å². The second-order valence-corrected chi connectivity index (χ2v) is 10.3. The Bertz CT molecular complexity index is 923. The molecule has 1 aromatic carbocycles. The molecule has 3 atom stereocenters. The summed E-state index contributed by atoms with van der Waals surface area (Å²) < 4.78 is 7.30. The standard InChI is InChI=1S/C26H40N4O3/c1-18(2)17-30(21-14-20(15-27-16-21)24(31)19-10-11-19)26(32)25-28-22-8-4-5-9-23(22)29(25)12-6-7-13-33-3/h4-5,8-9,18-21,24,27,31H,6-7,10-17H2,1-3H3/t20?,21-,24?/m0/s1. The fourth-order valence-electron chi connectivity index (χ4n) is 5.17. The first-order valence-corrected chi connectivity index (χ1v) is 12.6. The maximum atomic E-state index is 14.0. The van der Waals surface area contributed by atoms with E-state index in [1.54, 1.807) is 7.11 Å². The second kappa shape index (κ2) is 11.0. The number of aromatic nitrogens is 2. The third-order valence-corrected chi connectivity index (χ3v) is 7.04. The second-order valence-electron chi connectivity index (χ2n) is 10.3. The van der Waals surface area contributed by atoms with Crippen LogP contribution in [0.2, 0.25) is 0 Å². The lowest BCUT2D eigenvalue weighted by molar-refractivity contribution is 0.0324. The molecule has 182 valence electrons. The van der Waals surface area contributed by atoms with Crippen LogP contribution >= 0.6 is 0 Å². The van der Waals surface area contributed by atoms with Crippen LogP contribution in [-0.4, -0.2) is 71.0 Å². The van der Waals surface area contributed by atoms with Gasteiger partial charge >= 0.3 is 0 Å². The number of para-hydroxylation sites is 2. The number of carbonyl (C=O) groups is 1. The number of ether oxygens (including phenoxy) is 1. The Morgan fingerprint density at radius 2 is 2.03 bits per heavy atom. The third kappa shape index (κ3) is 5.76. The lowest BCUT2D eigenvalue weighted by Crippen LogP contribution is -2.54. The summed E-state index contributed by atoms with van der Waals surface area (Å²) in [5.74, 6) is 1.52. The summed E-state index contributed by atoms with van der Waals surface area (Å²) in [5.41, 5.74) is 1.87. The van der Waals surface area contributed by atoms with Gasteiger partial charge in [0.25, 0.3) is 5.91 Å². The molecule has 1 amide bonds. The van der Waals surface area contributed by atoms with Gasteiger partial charge in [-0.25, -0.2) is 4.98 Å². The lowest BCUT2D eigenvalue weighted by atomic mass is 9.87. The molecule has 7 heteroatoms. The summed E-state index contributed by atoms with van der Waals surface area (Å²) in [4.78, 5) is 20.8. The van der Waals surface area contributed by atoms with Gasteiger partial charge < -0.3 is 24.6 Å². The summed E-state index contributed by atoms with van der Waals surface area (Å²) in [6, 6.07) is 8.07. The quantitative estimate of drug-likeness (QED) is 0.507. The van der Waals surface area contributed by atoms with Gasteiger partial charge in [0.2, 0.25) is 0 Å². The van der Waals surface area contributed by atoms with Crippen molar-refractivity contribution in [3.63, 3.8) is 0 Å². The van der Waals surface area contributed by atoms with E-state index in [-0.39, 0.29) is 24.0 Å². The molecule has 2 fully saturated rings. The summed E-state index contributed by atoms with van der Waals surface area (Å²) in [7, 11) is 1.72. The van der Waals surface area contributed by atoms with E-state index in [1.807, 2.05) is 29.2 Å². The van der Waals surface area contributed by atoms with Crippen LogP contribution in [0.25, 0.3) is 11.0 Å². The Morgan fingerprint density at radius 3 is 2.76 bits per heavy atom. The van der Waals surface area contributed by atoms with E-state index in [2.05, 4.69) is 23.7 Å². The Morgan fingerprint density at radius 1 is 1.24 bits per heavy atom. The minimum atomic E-state index is -0.262. The average molecular weight is 457 g/mol. The van der Waals surface area contributed by atoms with Gasteiger partial charge in [-0.05, 0) is 62.0 Å². The maximum Gasteiger partial charge on any atom is 0.290 e. The summed E-state index contributed by atoms with van der Waals surface area (Å²) in [6.45, 7) is 8.04. The van der Waals surface area contributed by atoms with Gasteiger partial charge in [0.15, 0.2) is 5.82 Å². The molecule has 2 N–H and O–H groups in total. The Balaban J connectivity index is 1.59. The van der Waals surface area contributed by atoms with Crippen LogP contribution in [0.3, 0.4) is 0 Å². The number of rotatable bonds is 11. The van der Waals surface area contributed by atoms with Crippen LogP contribution < -0.4 is 5.32 Å². The number of methoxy groups -OCH3 is 1. The molecular weight excluding hydrogens is 416 g/mol. The van der Waals surface area contributed by atoms with Crippen molar-refractivity contribution < 1.29 is 14.6 Å². The highest BCUT2D eigenvalue weighted by atomic mass is 16.5. The minimum Gasteiger partial charge on any atom is -0.393 e. The molecular formula is C26H40N4O3. The molecule has 0 bridgehead atoms. The first-order chi connectivity index (χ1) is 16.0. The van der Waals surface area contributed by atoms with E-state index < -0.39 is 0 Å². The highest BCUT2D eigenvalue weighted by molar-refractivity contribution is 5.95. The number of fused-ring (bicyclic) bond motifs is 1. The van der Waals surface area contributed by atoms with E-state index in [0.29, 0.717) is 30.8 Å². The molecule has 2 aliphatic rings. The molecule has 1 aromatic heterocycles. The monoisotopic (exact) mass is 456 g/mol. The first kappa shape index (κ1) is 24.2. The van der Waals surface area contributed by atoms with Gasteiger partial charge in [0, 0.05) is 45.9 Å². The molecule has 33 heavy (non-hydrogen) atoms. The molecule has 7 nitrogen and oxygen atoms in total. The molecule has 1 saturated carbocycles. The summed E-state index contributed by atoms with van der Waals surface area (Å²) in [5, 5.41) is 14.3. The van der Waals surface area contributed by atoms with Crippen molar-refractivity contribution in [2.45, 2.75) is 64.6 Å². The van der Waals surface area contributed by atoms with E-state index in [9.17, 15) is 9.90 Å². The summed E-state index contributed by atoms with van der Waals surface area (Å²) >= 11 is 0. The highest BCUT2D eigenvalue weighted by Gasteiger charge is 2.40. The van der Waals surface area contributed by atoms with Crippen molar-refractivity contribution in [2.75, 3.05) is 33.4 Å². The Kier molecular flexibility index (Phi) is 8.04. The maximum absolute atomic E-state index is 14.0. The largest absolute Gasteiger partial charge is 0.393 e. The SMILES string of the molecule is COCCCCn1c(C(=O)N(CC(C)C)[C@@H]2CNCC(C(O)C3CC3)C2)nc2ccccc21. The van der Waals surface area contributed by atoms with Crippen molar-refractivity contribution in [3.05, 3.63) is 30.1 Å². The van der Waals surface area contributed by atoms with Crippen molar-refractivity contribution in [1.29, 1.82) is 0 Å². The van der Waals surface area contributed by atoms with Crippen LogP contribution in [0.4, 0.5) is 0 Å². The Labute approximate surface area is 197 Å². The number of aliphatic hydroxyl groups excluding tert-OH is 1. The lowest BCUT2D eigenvalue weighted by Gasteiger charge is -2.40. The van der Waals surface area contributed by atoms with Crippen LogP contribution in [0.5, 0.6) is 0 Å². The highest BCUT2D eigenvalue weighted by Crippen LogP contribution is 2.38. The summed E-state index contributed by atoms with van der Waals surface area (Å²) in [6.07, 6.45) is 4.71. The number of carbonyl (C=O) groups excluding carboxylic acids is 1. The van der Waals surface area contributed by atoms with Gasteiger partial charge in [0.05, 0.1) is 17.1 Å². The molecule has 4 rings (SSSR count). The van der Waals surface area contributed by atoms with E-state index >= 15 is 0 Å². The van der Waals surface area contributed by atoms with Gasteiger partial charge in [-0.15, -0.1) is 0 Å². The minimum absolute atomic E-state index is 0.00000302. The van der Waals surface area contributed by atoms with Crippen LogP contribution in [-0.2, 0) is 11.3 Å². The fraction of sp³-hybridized carbons (Fsp3) is 0.692. The average Bonchev–Trinajstić information content (AvgIpc) is 3.61. The van der Waals surface area contributed by atoms with Gasteiger partial charge in [-0.3, -0.25) is 4.79 Å². The van der Waals surface area contributed by atoms with Crippen molar-refractivity contribution >= 4 is 16.9 Å². The van der Waals surface area contributed by atoms with Gasteiger partial charge in [0.1, 0.15) is 0 Å². The third-order valence-electron chi connectivity index (χ3n) is 7.04. The molecule has 1 aliphatic carbocycles. The molecule has 2 heterocycles. The topological polar surface area (TPSA) is 79.6 Å². The number of nitrogens with zero attached hydrogens (tertiary/aromatic N) is 3. The van der Waals surface area contributed by atoms with Gasteiger partial charge in [-0.1, -0.05) is 26.0 Å². The number of nitrogens with one attached hydrogen (secondary N) is 1. The number of aliphatic hydroxyl groups is 1. The fourth-order valence-corrected chi connectivity index (χ4v) is 5.17. The van der Waals surface area contributed by atoms with Crippen molar-refractivity contribution in [2.24, 2.45) is 17.8 Å². The number of piperidine rings is 1. The first-order valence-electron chi connectivity index (χ1n) is 12.6. The predicted molar refractivity (Wildman–Crippen MR) is 130 cm³/mol. The number of aryl methyl sites for hydroxylation is 1. The van der Waals surface area contributed by atoms with Crippen LogP contribution in [0.15, 0.2) is 24.3 Å². The number of amides is 1. The normalized spacial score (nSPS) is 22.1. The Hall–Kier alpha value is -1.96. The predicted octanol–water partition coefficient (Wildman–Crippen LogP) is 3.31. The zero-order valence-electron chi connectivity index (χ0n) is 20.4. The van der Waals surface area contributed by atoms with E-state index in [0.717, 1.165) is 62.8 Å². The zero-order valence-corrected chi connectivity index (χ0v) is 20.4. The number of hydrogen-bond acceptors (Lipinski definition) is 5. The zero-order chi connectivity index (χ0) is 23.4. The molecule has 0 spiro atoms. The smallest absolute Gasteiger partial charge is 0.290 e. The molecule has 1 aliphatic heterocycles. The molecule has 2 unspecified atom stereocenters. The van der Waals surface area contributed by atoms with Crippen molar-refractivity contribution in [1.82, 2.24) is 19.8 Å². The number of imidazole rings is 1. The number of unbranched alkanes of at least 4 members (excludes halogenated alkanes) is 1. The molecule has 2 aromatic rings. The number of hydrogen-bond donors (Lipinski definition) is 2.